The lowest BCUT2D eigenvalue weighted by atomic mass is 10.1. The molecule has 1 fully saturated rings. The summed E-state index contributed by atoms with van der Waals surface area (Å²) >= 11 is 0. The molecule has 0 spiro atoms. The van der Waals surface area contributed by atoms with Crippen LogP contribution in [0.1, 0.15) is 24.0 Å². The Kier molecular flexibility index (Phi) is 3.93. The molecule has 1 atom stereocenters. The number of hydrogen-bond acceptors (Lipinski definition) is 3. The fourth-order valence-electron chi connectivity index (χ4n) is 2.47. The molecular weight excluding hydrogens is 233 g/mol. The van der Waals surface area contributed by atoms with Crippen LogP contribution in [0, 0.1) is 11.2 Å². The Hall–Kier alpha value is -1.46. The maximum absolute atomic E-state index is 13.2. The standard InChI is InChI=1S/C13H18FN3O/c14-10-4-3-9(12(6-10)13(15)16)7-17-5-1-2-11(17)8-18/h3-4,6,11,18H,1-2,5,7-8H2,(H3,15,16). The Bertz CT molecular complexity index is 450. The number of hydrogen-bond donors (Lipinski definition) is 3. The van der Waals surface area contributed by atoms with Gasteiger partial charge in [0.2, 0.25) is 0 Å². The summed E-state index contributed by atoms with van der Waals surface area (Å²) in [5, 5.41) is 16.8. The number of nitrogen functional groups attached to an aromatic ring is 1. The van der Waals surface area contributed by atoms with Crippen LogP contribution in [0.3, 0.4) is 0 Å². The molecule has 4 N–H and O–H groups in total. The van der Waals surface area contributed by atoms with Gasteiger partial charge in [-0.1, -0.05) is 6.07 Å². The van der Waals surface area contributed by atoms with E-state index in [1.54, 1.807) is 6.07 Å². The van der Waals surface area contributed by atoms with Crippen molar-refractivity contribution < 1.29 is 9.50 Å². The summed E-state index contributed by atoms with van der Waals surface area (Å²) in [6.07, 6.45) is 2.04. The highest BCUT2D eigenvalue weighted by atomic mass is 19.1. The number of rotatable bonds is 4. The van der Waals surface area contributed by atoms with Crippen molar-refractivity contribution in [3.63, 3.8) is 0 Å². The van der Waals surface area contributed by atoms with E-state index in [1.807, 2.05) is 0 Å². The number of nitrogens with two attached hydrogens (primary N) is 1. The first kappa shape index (κ1) is 13.0. The van der Waals surface area contributed by atoms with Crippen LogP contribution < -0.4 is 5.73 Å². The molecule has 0 amide bonds. The van der Waals surface area contributed by atoms with Gasteiger partial charge in [-0.15, -0.1) is 0 Å². The number of nitrogens with one attached hydrogen (secondary N) is 1. The summed E-state index contributed by atoms with van der Waals surface area (Å²) in [5.41, 5.74) is 6.75. The average molecular weight is 251 g/mol. The number of aliphatic hydroxyl groups excluding tert-OH is 1. The molecule has 5 heteroatoms. The highest BCUT2D eigenvalue weighted by Crippen LogP contribution is 2.21. The van der Waals surface area contributed by atoms with E-state index in [4.69, 9.17) is 11.1 Å². The van der Waals surface area contributed by atoms with E-state index in [0.29, 0.717) is 12.1 Å². The van der Waals surface area contributed by atoms with Gasteiger partial charge in [0.1, 0.15) is 11.7 Å². The quantitative estimate of drug-likeness (QED) is 0.553. The van der Waals surface area contributed by atoms with Crippen molar-refractivity contribution in [3.8, 4) is 0 Å². The van der Waals surface area contributed by atoms with Crippen molar-refractivity contribution in [2.24, 2.45) is 5.73 Å². The largest absolute Gasteiger partial charge is 0.395 e. The fraction of sp³-hybridized carbons (Fsp3) is 0.462. The molecule has 98 valence electrons. The molecule has 0 aromatic heterocycles. The topological polar surface area (TPSA) is 73.3 Å². The summed E-state index contributed by atoms with van der Waals surface area (Å²) < 4.78 is 13.2. The third-order valence-corrected chi connectivity index (χ3v) is 3.45. The van der Waals surface area contributed by atoms with E-state index >= 15 is 0 Å². The van der Waals surface area contributed by atoms with Crippen molar-refractivity contribution in [3.05, 3.63) is 35.1 Å². The third-order valence-electron chi connectivity index (χ3n) is 3.45. The van der Waals surface area contributed by atoms with Crippen molar-refractivity contribution in [1.29, 1.82) is 5.41 Å². The van der Waals surface area contributed by atoms with E-state index in [9.17, 15) is 9.50 Å². The molecule has 0 saturated carbocycles. The molecule has 1 saturated heterocycles. The van der Waals surface area contributed by atoms with Crippen LogP contribution in [0.2, 0.25) is 0 Å². The number of likely N-dealkylation sites (tertiary alicyclic amines) is 1. The van der Waals surface area contributed by atoms with E-state index in [2.05, 4.69) is 4.90 Å². The van der Waals surface area contributed by atoms with E-state index in [-0.39, 0.29) is 24.3 Å². The molecule has 0 bridgehead atoms. The van der Waals surface area contributed by atoms with Gasteiger partial charge in [0.05, 0.1) is 6.61 Å². The van der Waals surface area contributed by atoms with Gasteiger partial charge in [-0.3, -0.25) is 10.3 Å². The van der Waals surface area contributed by atoms with E-state index < -0.39 is 0 Å². The van der Waals surface area contributed by atoms with Crippen LogP contribution >= 0.6 is 0 Å². The van der Waals surface area contributed by atoms with E-state index in [0.717, 1.165) is 24.9 Å². The third kappa shape index (κ3) is 2.68. The van der Waals surface area contributed by atoms with Crippen molar-refractivity contribution >= 4 is 5.84 Å². The van der Waals surface area contributed by atoms with Gasteiger partial charge in [0.15, 0.2) is 0 Å². The lowest BCUT2D eigenvalue weighted by Gasteiger charge is -2.23. The zero-order valence-electron chi connectivity index (χ0n) is 10.2. The molecule has 4 nitrogen and oxygen atoms in total. The zero-order valence-corrected chi connectivity index (χ0v) is 10.2. The van der Waals surface area contributed by atoms with Crippen LogP contribution in [-0.2, 0) is 6.54 Å². The molecule has 0 radical (unpaired) electrons. The second kappa shape index (κ2) is 5.46. The second-order valence-corrected chi connectivity index (χ2v) is 4.66. The minimum absolute atomic E-state index is 0.121. The lowest BCUT2D eigenvalue weighted by Crippen LogP contribution is -2.32. The molecule has 0 aliphatic carbocycles. The fourth-order valence-corrected chi connectivity index (χ4v) is 2.47. The predicted octanol–water partition coefficient (Wildman–Crippen LogP) is 1.07. The van der Waals surface area contributed by atoms with Crippen molar-refractivity contribution in [1.82, 2.24) is 4.90 Å². The van der Waals surface area contributed by atoms with E-state index in [1.165, 1.54) is 12.1 Å². The van der Waals surface area contributed by atoms with Gasteiger partial charge >= 0.3 is 0 Å². The summed E-state index contributed by atoms with van der Waals surface area (Å²) in [7, 11) is 0. The minimum atomic E-state index is -0.385. The number of benzene rings is 1. The van der Waals surface area contributed by atoms with Crippen LogP contribution in [0.5, 0.6) is 0 Å². The Labute approximate surface area is 106 Å². The molecule has 1 aromatic carbocycles. The summed E-state index contributed by atoms with van der Waals surface area (Å²) in [5.74, 6) is -0.506. The van der Waals surface area contributed by atoms with Gasteiger partial charge < -0.3 is 10.8 Å². The molecule has 1 heterocycles. The highest BCUT2D eigenvalue weighted by molar-refractivity contribution is 5.96. The first-order valence-electron chi connectivity index (χ1n) is 6.09. The highest BCUT2D eigenvalue weighted by Gasteiger charge is 2.24. The number of halogens is 1. The van der Waals surface area contributed by atoms with Gasteiger partial charge in [0, 0.05) is 18.2 Å². The smallest absolute Gasteiger partial charge is 0.123 e. The van der Waals surface area contributed by atoms with Gasteiger partial charge in [-0.05, 0) is 37.1 Å². The summed E-state index contributed by atoms with van der Waals surface area (Å²) in [4.78, 5) is 2.15. The molecule has 1 aliphatic heterocycles. The molecule has 1 aromatic rings. The zero-order chi connectivity index (χ0) is 13.1. The first-order valence-corrected chi connectivity index (χ1v) is 6.09. The van der Waals surface area contributed by atoms with Crippen molar-refractivity contribution in [2.75, 3.05) is 13.2 Å². The minimum Gasteiger partial charge on any atom is -0.395 e. The maximum atomic E-state index is 13.2. The lowest BCUT2D eigenvalue weighted by molar-refractivity contribution is 0.153. The predicted molar refractivity (Wildman–Crippen MR) is 67.9 cm³/mol. The van der Waals surface area contributed by atoms with Crippen LogP contribution in [0.25, 0.3) is 0 Å². The maximum Gasteiger partial charge on any atom is 0.123 e. The monoisotopic (exact) mass is 251 g/mol. The molecule has 18 heavy (non-hydrogen) atoms. The molecular formula is C13H18FN3O. The Morgan fingerprint density at radius 2 is 2.33 bits per heavy atom. The summed E-state index contributed by atoms with van der Waals surface area (Å²) in [6, 6.07) is 4.50. The molecule has 1 unspecified atom stereocenters. The van der Waals surface area contributed by atoms with Crippen LogP contribution in [-0.4, -0.2) is 35.0 Å². The first-order chi connectivity index (χ1) is 8.61. The van der Waals surface area contributed by atoms with Crippen LogP contribution in [0.15, 0.2) is 18.2 Å². The van der Waals surface area contributed by atoms with Crippen LogP contribution in [0.4, 0.5) is 4.39 Å². The Morgan fingerprint density at radius 3 is 3.00 bits per heavy atom. The Morgan fingerprint density at radius 1 is 1.56 bits per heavy atom. The molecule has 2 rings (SSSR count). The second-order valence-electron chi connectivity index (χ2n) is 4.66. The Balaban J connectivity index is 2.20. The normalized spacial score (nSPS) is 20.2. The average Bonchev–Trinajstić information content (AvgIpc) is 2.78. The molecule has 1 aliphatic rings. The number of nitrogens with zero attached hydrogens (tertiary/aromatic N) is 1. The SMILES string of the molecule is N=C(N)c1cc(F)ccc1CN1CCCC1CO. The van der Waals surface area contributed by atoms with Gasteiger partial charge in [0.25, 0.3) is 0 Å². The van der Waals surface area contributed by atoms with Gasteiger partial charge in [-0.2, -0.15) is 0 Å². The number of amidine groups is 1. The van der Waals surface area contributed by atoms with Gasteiger partial charge in [-0.25, -0.2) is 4.39 Å². The number of aliphatic hydroxyl groups is 1. The summed E-state index contributed by atoms with van der Waals surface area (Å²) in [6.45, 7) is 1.65. The van der Waals surface area contributed by atoms with Crippen molar-refractivity contribution in [2.45, 2.75) is 25.4 Å².